The smallest absolute Gasteiger partial charge is 0.337 e. The number of carbonyl (C=O) groups is 1. The minimum atomic E-state index is -0.331. The zero-order valence-electron chi connectivity index (χ0n) is 15.5. The molecule has 0 saturated heterocycles. The van der Waals surface area contributed by atoms with Gasteiger partial charge in [-0.3, -0.25) is 0 Å². The highest BCUT2D eigenvalue weighted by Crippen LogP contribution is 2.49. The van der Waals surface area contributed by atoms with E-state index < -0.39 is 0 Å². The van der Waals surface area contributed by atoms with E-state index in [9.17, 15) is 4.79 Å². The van der Waals surface area contributed by atoms with Gasteiger partial charge in [-0.2, -0.15) is 0 Å². The molecule has 0 bridgehead atoms. The Bertz CT molecular complexity index is 858. The lowest BCUT2D eigenvalue weighted by Gasteiger charge is -2.30. The Balaban J connectivity index is 2.18. The van der Waals surface area contributed by atoms with Crippen LogP contribution in [0.1, 0.15) is 35.3 Å². The van der Waals surface area contributed by atoms with Crippen molar-refractivity contribution in [3.05, 3.63) is 77.0 Å². The molecular weight excluding hydrogens is 324 g/mol. The molecule has 0 aliphatic carbocycles. The summed E-state index contributed by atoms with van der Waals surface area (Å²) in [5.74, 6) is -0.331. The van der Waals surface area contributed by atoms with Crippen LogP contribution in [0.15, 0.2) is 60.3 Å². The van der Waals surface area contributed by atoms with E-state index in [2.05, 4.69) is 30.9 Å². The second kappa shape index (κ2) is 7.16. The third-order valence-corrected chi connectivity index (χ3v) is 5.12. The number of carbonyl (C=O) groups excluding carboxylic acids is 1. The van der Waals surface area contributed by atoms with Crippen molar-refractivity contribution in [2.45, 2.75) is 25.7 Å². The van der Waals surface area contributed by atoms with Crippen LogP contribution in [0, 0.1) is 5.41 Å². The molecule has 1 atom stereocenters. The van der Waals surface area contributed by atoms with E-state index >= 15 is 0 Å². The lowest BCUT2D eigenvalue weighted by atomic mass is 9.76. The van der Waals surface area contributed by atoms with Crippen molar-refractivity contribution in [3.8, 4) is 0 Å². The number of fused-ring (bicyclic) bond motifs is 1. The number of ether oxygens (including phenoxy) is 1. The number of hydrogen-bond acceptors (Lipinski definition) is 4. The molecule has 0 aromatic heterocycles. The third-order valence-electron chi connectivity index (χ3n) is 5.12. The molecule has 3 rings (SSSR count). The Morgan fingerprint density at radius 2 is 1.96 bits per heavy atom. The molecule has 0 spiro atoms. The quantitative estimate of drug-likeness (QED) is 0.646. The first-order valence-electron chi connectivity index (χ1n) is 8.80. The van der Waals surface area contributed by atoms with Gasteiger partial charge in [-0.05, 0) is 55.7 Å². The first-order valence-corrected chi connectivity index (χ1v) is 8.80. The van der Waals surface area contributed by atoms with E-state index in [1.807, 2.05) is 42.5 Å². The minimum absolute atomic E-state index is 0.325. The fourth-order valence-corrected chi connectivity index (χ4v) is 3.91. The zero-order chi connectivity index (χ0) is 18.7. The standard InChI is InChI=1S/C22H24N2O2/c1-4-24-19-11-10-17(21(25)26-3)14-18(19)22(2,20(24)12-13-23)15-16-8-6-5-7-9-16/h5-14,23H,4,15H2,1-3H3/b20-12-,23-13?. The summed E-state index contributed by atoms with van der Waals surface area (Å²) in [6, 6.07) is 16.1. The van der Waals surface area contributed by atoms with Crippen molar-refractivity contribution in [1.82, 2.24) is 0 Å². The second-order valence-electron chi connectivity index (χ2n) is 6.68. The molecule has 2 aromatic rings. The Hall–Kier alpha value is -2.88. The Kier molecular flexibility index (Phi) is 4.94. The summed E-state index contributed by atoms with van der Waals surface area (Å²) in [6.07, 6.45) is 4.00. The van der Waals surface area contributed by atoms with Crippen molar-refractivity contribution in [3.63, 3.8) is 0 Å². The van der Waals surface area contributed by atoms with Crippen LogP contribution in [0.3, 0.4) is 0 Å². The predicted octanol–water partition coefficient (Wildman–Crippen LogP) is 4.35. The molecule has 2 aromatic carbocycles. The summed E-state index contributed by atoms with van der Waals surface area (Å²) in [5.41, 5.74) is 4.71. The van der Waals surface area contributed by atoms with Crippen LogP contribution in [-0.4, -0.2) is 25.8 Å². The van der Waals surface area contributed by atoms with Crippen molar-refractivity contribution >= 4 is 17.9 Å². The first-order chi connectivity index (χ1) is 12.5. The zero-order valence-corrected chi connectivity index (χ0v) is 15.5. The van der Waals surface area contributed by atoms with Gasteiger partial charge in [-0.1, -0.05) is 30.3 Å². The van der Waals surface area contributed by atoms with Crippen LogP contribution in [0.4, 0.5) is 5.69 Å². The van der Waals surface area contributed by atoms with Crippen molar-refractivity contribution in [2.24, 2.45) is 0 Å². The number of rotatable bonds is 5. The molecule has 0 saturated carbocycles. The van der Waals surface area contributed by atoms with Gasteiger partial charge in [0, 0.05) is 29.6 Å². The number of esters is 1. The van der Waals surface area contributed by atoms with Crippen molar-refractivity contribution in [2.75, 3.05) is 18.6 Å². The van der Waals surface area contributed by atoms with E-state index in [0.717, 1.165) is 29.9 Å². The van der Waals surface area contributed by atoms with Gasteiger partial charge in [0.15, 0.2) is 0 Å². The summed E-state index contributed by atoms with van der Waals surface area (Å²) in [7, 11) is 1.40. The Morgan fingerprint density at radius 1 is 1.23 bits per heavy atom. The normalized spacial score (nSPS) is 20.1. The molecule has 1 unspecified atom stereocenters. The van der Waals surface area contributed by atoms with Crippen molar-refractivity contribution in [1.29, 1.82) is 5.41 Å². The van der Waals surface area contributed by atoms with Gasteiger partial charge in [0.05, 0.1) is 12.7 Å². The number of methoxy groups -OCH3 is 1. The highest BCUT2D eigenvalue weighted by Gasteiger charge is 2.43. The summed E-state index contributed by atoms with van der Waals surface area (Å²) < 4.78 is 4.91. The Morgan fingerprint density at radius 3 is 2.58 bits per heavy atom. The Labute approximate surface area is 154 Å². The number of allylic oxidation sites excluding steroid dienone is 2. The summed E-state index contributed by atoms with van der Waals surface area (Å²) in [4.78, 5) is 14.3. The van der Waals surface area contributed by atoms with E-state index in [-0.39, 0.29) is 11.4 Å². The van der Waals surface area contributed by atoms with Crippen LogP contribution in [0.25, 0.3) is 0 Å². The number of hydrogen-bond donors (Lipinski definition) is 1. The summed E-state index contributed by atoms with van der Waals surface area (Å²) in [6.45, 7) is 5.09. The maximum atomic E-state index is 12.1. The maximum Gasteiger partial charge on any atom is 0.337 e. The molecule has 1 aliphatic heterocycles. The number of nitrogens with one attached hydrogen (secondary N) is 1. The number of likely N-dealkylation sites (N-methyl/N-ethyl adjacent to an activating group) is 1. The summed E-state index contributed by atoms with van der Waals surface area (Å²) in [5, 5.41) is 7.63. The van der Waals surface area contributed by atoms with Gasteiger partial charge >= 0.3 is 5.97 Å². The molecule has 1 aliphatic rings. The minimum Gasteiger partial charge on any atom is -0.465 e. The first kappa shape index (κ1) is 17.9. The van der Waals surface area contributed by atoms with Gasteiger partial charge in [0.2, 0.25) is 0 Å². The topological polar surface area (TPSA) is 53.4 Å². The molecule has 134 valence electrons. The number of nitrogens with zero attached hydrogens (tertiary/aromatic N) is 1. The van der Waals surface area contributed by atoms with Crippen LogP contribution in [0.2, 0.25) is 0 Å². The molecule has 1 heterocycles. The molecular formula is C22H24N2O2. The molecule has 1 N–H and O–H groups in total. The molecule has 4 heteroatoms. The maximum absolute atomic E-state index is 12.1. The van der Waals surface area contributed by atoms with E-state index in [1.54, 1.807) is 0 Å². The van der Waals surface area contributed by atoms with Crippen LogP contribution in [0.5, 0.6) is 0 Å². The SMILES string of the molecule is CCN1/C(=C\C=N)C(C)(Cc2ccccc2)c2cc(C(=O)OC)ccc21. The van der Waals surface area contributed by atoms with Crippen LogP contribution in [-0.2, 0) is 16.6 Å². The largest absolute Gasteiger partial charge is 0.465 e. The van der Waals surface area contributed by atoms with E-state index in [0.29, 0.717) is 5.56 Å². The van der Waals surface area contributed by atoms with Gasteiger partial charge in [0.25, 0.3) is 0 Å². The average molecular weight is 348 g/mol. The fourth-order valence-electron chi connectivity index (χ4n) is 3.91. The summed E-state index contributed by atoms with van der Waals surface area (Å²) >= 11 is 0. The fraction of sp³-hybridized carbons (Fsp3) is 0.273. The van der Waals surface area contributed by atoms with Crippen LogP contribution < -0.4 is 4.90 Å². The molecule has 0 amide bonds. The number of anilines is 1. The van der Waals surface area contributed by atoms with E-state index in [1.165, 1.54) is 18.9 Å². The third kappa shape index (κ3) is 2.92. The van der Waals surface area contributed by atoms with Gasteiger partial charge < -0.3 is 15.0 Å². The van der Waals surface area contributed by atoms with Gasteiger partial charge in [-0.15, -0.1) is 0 Å². The van der Waals surface area contributed by atoms with Gasteiger partial charge in [0.1, 0.15) is 0 Å². The highest BCUT2D eigenvalue weighted by molar-refractivity contribution is 5.91. The second-order valence-corrected chi connectivity index (χ2v) is 6.68. The van der Waals surface area contributed by atoms with Crippen LogP contribution >= 0.6 is 0 Å². The molecule has 0 fully saturated rings. The highest BCUT2D eigenvalue weighted by atomic mass is 16.5. The average Bonchev–Trinajstić information content (AvgIpc) is 2.89. The molecule has 0 radical (unpaired) electrons. The molecule has 26 heavy (non-hydrogen) atoms. The molecule has 4 nitrogen and oxygen atoms in total. The van der Waals surface area contributed by atoms with Gasteiger partial charge in [-0.25, -0.2) is 4.79 Å². The predicted molar refractivity (Wildman–Crippen MR) is 105 cm³/mol. The lowest BCUT2D eigenvalue weighted by Crippen LogP contribution is -2.30. The van der Waals surface area contributed by atoms with E-state index in [4.69, 9.17) is 10.1 Å². The van der Waals surface area contributed by atoms with Crippen molar-refractivity contribution < 1.29 is 9.53 Å². The monoisotopic (exact) mass is 348 g/mol. The lowest BCUT2D eigenvalue weighted by molar-refractivity contribution is 0.0600. The number of benzene rings is 2.